The zero-order chi connectivity index (χ0) is 24.5. The van der Waals surface area contributed by atoms with E-state index in [-0.39, 0.29) is 18.2 Å². The molecule has 31 heavy (non-hydrogen) atoms. The Labute approximate surface area is 192 Å². The third-order valence-electron chi connectivity index (χ3n) is 4.43. The van der Waals surface area contributed by atoms with Crippen molar-refractivity contribution in [3.63, 3.8) is 0 Å². The van der Waals surface area contributed by atoms with Crippen molar-refractivity contribution < 1.29 is 24.5 Å². The molecule has 2 unspecified atom stereocenters. The lowest BCUT2D eigenvalue weighted by molar-refractivity contribution is -0.147. The minimum absolute atomic E-state index is 0.0132. The first-order valence-electron chi connectivity index (χ1n) is 11.9. The maximum Gasteiger partial charge on any atom is 0.306 e. The summed E-state index contributed by atoms with van der Waals surface area (Å²) in [5.41, 5.74) is 0. The average Bonchev–Trinajstić information content (AvgIpc) is 3.05. The monoisotopic (exact) mass is 442 g/mol. The summed E-state index contributed by atoms with van der Waals surface area (Å²) >= 11 is 0. The Kier molecular flexibility index (Phi) is 29.0. The van der Waals surface area contributed by atoms with E-state index in [1.807, 2.05) is 32.9 Å². The lowest BCUT2D eigenvalue weighted by Gasteiger charge is -2.06. The van der Waals surface area contributed by atoms with Gasteiger partial charge in [0.1, 0.15) is 0 Å². The summed E-state index contributed by atoms with van der Waals surface area (Å²) in [6, 6.07) is 0. The van der Waals surface area contributed by atoms with Gasteiger partial charge in [0, 0.05) is 13.3 Å². The van der Waals surface area contributed by atoms with Gasteiger partial charge in [-0.2, -0.15) is 0 Å². The van der Waals surface area contributed by atoms with Crippen molar-refractivity contribution in [1.29, 1.82) is 0 Å². The number of ether oxygens (including phenoxy) is 1. The Balaban J connectivity index is -0.000000360. The second-order valence-corrected chi connectivity index (χ2v) is 8.13. The summed E-state index contributed by atoms with van der Waals surface area (Å²) in [4.78, 5) is 20.0. The van der Waals surface area contributed by atoms with E-state index in [4.69, 9.17) is 19.7 Å². The lowest BCUT2D eigenvalue weighted by Crippen LogP contribution is -2.10. The molecule has 5 nitrogen and oxygen atoms in total. The molecule has 0 radical (unpaired) electrons. The first-order valence-corrected chi connectivity index (χ1v) is 11.9. The highest BCUT2D eigenvalue weighted by Crippen LogP contribution is 2.23. The predicted molar refractivity (Wildman–Crippen MR) is 131 cm³/mol. The van der Waals surface area contributed by atoms with Gasteiger partial charge in [0.2, 0.25) is 0 Å². The van der Waals surface area contributed by atoms with Gasteiger partial charge in [-0.25, -0.2) is 0 Å². The van der Waals surface area contributed by atoms with Crippen molar-refractivity contribution in [1.82, 2.24) is 0 Å². The Morgan fingerprint density at radius 3 is 2.10 bits per heavy atom. The molecule has 0 spiro atoms. The molecule has 0 aliphatic heterocycles. The summed E-state index contributed by atoms with van der Waals surface area (Å²) in [6.45, 7) is 14.8. The van der Waals surface area contributed by atoms with Gasteiger partial charge in [0.25, 0.3) is 5.97 Å². The van der Waals surface area contributed by atoms with E-state index in [0.29, 0.717) is 12.3 Å². The molecule has 0 bridgehead atoms. The number of esters is 1. The highest BCUT2D eigenvalue weighted by Gasteiger charge is 2.19. The van der Waals surface area contributed by atoms with Crippen LogP contribution in [0.4, 0.5) is 0 Å². The fourth-order valence-electron chi connectivity index (χ4n) is 2.69. The van der Waals surface area contributed by atoms with E-state index in [2.05, 4.69) is 26.5 Å². The van der Waals surface area contributed by atoms with Crippen LogP contribution in [0.2, 0.25) is 0 Å². The third-order valence-corrected chi connectivity index (χ3v) is 4.43. The van der Waals surface area contributed by atoms with Crippen molar-refractivity contribution in [2.75, 3.05) is 0 Å². The minimum Gasteiger partial charge on any atom is -0.481 e. The van der Waals surface area contributed by atoms with Crippen molar-refractivity contribution in [2.24, 2.45) is 5.92 Å². The van der Waals surface area contributed by atoms with Crippen molar-refractivity contribution >= 4 is 11.9 Å². The standard InChI is InChI=1S/C10H18O2.C8H16.C6H12O.C2H4O2/c1-4-5-6-7-8-10(11)12-9(2)3;1-3-5-7-8-6-4-2;1-5-3-2-4-6(5)7;1-2(3)4/h4-5,9H,6-8H2,1-3H3;3H,1,4-8H2,2H3;5-7H,2-4H2,1H3;1H3,(H,3,4)/b5-4-;;;. The number of carbonyl (C=O) groups excluding carboxylic acids is 1. The van der Waals surface area contributed by atoms with Crippen LogP contribution in [0.5, 0.6) is 0 Å². The van der Waals surface area contributed by atoms with Crippen LogP contribution < -0.4 is 0 Å². The number of hydrogen-bond donors (Lipinski definition) is 2. The number of allylic oxidation sites excluding steroid dienone is 3. The van der Waals surface area contributed by atoms with Gasteiger partial charge < -0.3 is 14.9 Å². The van der Waals surface area contributed by atoms with Gasteiger partial charge in [-0.1, -0.05) is 57.8 Å². The van der Waals surface area contributed by atoms with E-state index < -0.39 is 5.97 Å². The molecule has 1 rings (SSSR count). The van der Waals surface area contributed by atoms with Gasteiger partial charge in [0.05, 0.1) is 12.2 Å². The lowest BCUT2D eigenvalue weighted by atomic mass is 10.1. The predicted octanol–water partition coefficient (Wildman–Crippen LogP) is 7.09. The number of carboxylic acids is 1. The Hall–Kier alpha value is -1.62. The fraction of sp³-hybridized carbons (Fsp3) is 0.769. The van der Waals surface area contributed by atoms with Crippen LogP contribution in [-0.4, -0.2) is 34.4 Å². The summed E-state index contributed by atoms with van der Waals surface area (Å²) in [5.74, 6) is -0.352. The molecule has 0 saturated heterocycles. The molecule has 1 aliphatic rings. The van der Waals surface area contributed by atoms with Gasteiger partial charge in [-0.15, -0.1) is 6.58 Å². The second kappa shape index (κ2) is 26.4. The number of unbranched alkanes of at least 4 members (excludes halogenated alkanes) is 5. The van der Waals surface area contributed by atoms with E-state index in [1.54, 1.807) is 0 Å². The molecule has 1 aliphatic carbocycles. The van der Waals surface area contributed by atoms with Crippen LogP contribution in [-0.2, 0) is 14.3 Å². The van der Waals surface area contributed by atoms with Crippen LogP contribution >= 0.6 is 0 Å². The summed E-state index contributed by atoms with van der Waals surface area (Å²) < 4.78 is 4.97. The largest absolute Gasteiger partial charge is 0.481 e. The molecule has 2 atom stereocenters. The molecule has 0 aromatic carbocycles. The van der Waals surface area contributed by atoms with Gasteiger partial charge in [-0.3, -0.25) is 9.59 Å². The average molecular weight is 443 g/mol. The zero-order valence-electron chi connectivity index (χ0n) is 21.1. The quantitative estimate of drug-likeness (QED) is 0.214. The third kappa shape index (κ3) is 36.1. The van der Waals surface area contributed by atoms with Crippen LogP contribution in [0.3, 0.4) is 0 Å². The van der Waals surface area contributed by atoms with Crippen molar-refractivity contribution in [2.45, 2.75) is 124 Å². The number of aliphatic hydroxyl groups excluding tert-OH is 1. The van der Waals surface area contributed by atoms with E-state index >= 15 is 0 Å². The molecule has 5 heteroatoms. The van der Waals surface area contributed by atoms with Crippen molar-refractivity contribution in [3.05, 3.63) is 24.8 Å². The summed E-state index contributed by atoms with van der Waals surface area (Å²) in [6.07, 6.45) is 18.5. The molecule has 0 amide bonds. The van der Waals surface area contributed by atoms with Gasteiger partial charge >= 0.3 is 5.97 Å². The Bertz CT molecular complexity index is 431. The number of rotatable bonds is 10. The molecule has 184 valence electrons. The van der Waals surface area contributed by atoms with E-state index in [1.165, 1.54) is 44.9 Å². The number of hydrogen-bond acceptors (Lipinski definition) is 4. The van der Waals surface area contributed by atoms with E-state index in [0.717, 1.165) is 26.2 Å². The van der Waals surface area contributed by atoms with E-state index in [9.17, 15) is 4.79 Å². The summed E-state index contributed by atoms with van der Waals surface area (Å²) in [7, 11) is 0. The Morgan fingerprint density at radius 1 is 1.13 bits per heavy atom. The maximum atomic E-state index is 11.0. The van der Waals surface area contributed by atoms with Crippen molar-refractivity contribution in [3.8, 4) is 0 Å². The number of carboxylic acid groups (broad SMARTS) is 1. The fourth-order valence-corrected chi connectivity index (χ4v) is 2.69. The highest BCUT2D eigenvalue weighted by atomic mass is 16.5. The molecule has 0 heterocycles. The number of aliphatic hydroxyl groups is 1. The second-order valence-electron chi connectivity index (χ2n) is 8.13. The first kappa shape index (κ1) is 34.0. The number of aliphatic carboxylic acids is 1. The van der Waals surface area contributed by atoms with Crippen LogP contribution in [0.15, 0.2) is 24.8 Å². The summed E-state index contributed by atoms with van der Waals surface area (Å²) in [5, 5.41) is 16.4. The molecular weight excluding hydrogens is 392 g/mol. The van der Waals surface area contributed by atoms with Crippen LogP contribution in [0.1, 0.15) is 112 Å². The normalized spacial score (nSPS) is 16.9. The topological polar surface area (TPSA) is 83.8 Å². The molecule has 2 N–H and O–H groups in total. The first-order chi connectivity index (χ1) is 14.6. The smallest absolute Gasteiger partial charge is 0.306 e. The SMILES string of the molecule is C/C=C\CCCC(=O)OC(C)C.C=CCCCCCC.CC(=O)O.CC1CCCC1O. The molecule has 0 aromatic heterocycles. The van der Waals surface area contributed by atoms with Gasteiger partial charge in [0.15, 0.2) is 0 Å². The minimum atomic E-state index is -0.833. The highest BCUT2D eigenvalue weighted by molar-refractivity contribution is 5.69. The van der Waals surface area contributed by atoms with Gasteiger partial charge in [-0.05, 0) is 65.2 Å². The van der Waals surface area contributed by atoms with Crippen LogP contribution in [0.25, 0.3) is 0 Å². The molecule has 1 saturated carbocycles. The maximum absolute atomic E-state index is 11.0. The molecule has 1 fully saturated rings. The Morgan fingerprint density at radius 2 is 1.74 bits per heavy atom. The van der Waals surface area contributed by atoms with Crippen LogP contribution in [0, 0.1) is 5.92 Å². The zero-order valence-corrected chi connectivity index (χ0v) is 21.1. The molecular formula is C26H50O5. The number of carbonyl (C=O) groups is 2. The molecule has 0 aromatic rings.